The normalized spacial score (nSPS) is 13.0. The van der Waals surface area contributed by atoms with Gasteiger partial charge in [-0.3, -0.25) is 0 Å². The maximum absolute atomic E-state index is 7.14. The maximum Gasteiger partial charge on any atom is 0.139 e. The van der Waals surface area contributed by atoms with Crippen molar-refractivity contribution in [2.75, 3.05) is 9.80 Å². The zero-order chi connectivity index (χ0) is 38.9. The Hall–Kier alpha value is -7.82. The van der Waals surface area contributed by atoms with Crippen LogP contribution in [-0.2, 0) is 5.41 Å². The largest absolute Gasteiger partial charge is 0.456 e. The first-order valence-electron chi connectivity index (χ1n) is 20.1. The quantitative estimate of drug-likeness (QED) is 0.169. The van der Waals surface area contributed by atoms with Gasteiger partial charge in [-0.15, -0.1) is 0 Å². The molecule has 1 spiro atoms. The molecule has 0 unspecified atom stereocenters. The minimum Gasteiger partial charge on any atom is -0.456 e. The van der Waals surface area contributed by atoms with Gasteiger partial charge in [-0.2, -0.15) is 0 Å². The van der Waals surface area contributed by atoms with E-state index in [1.54, 1.807) is 0 Å². The van der Waals surface area contributed by atoms with Crippen LogP contribution in [0.25, 0.3) is 33.1 Å². The summed E-state index contributed by atoms with van der Waals surface area (Å²) in [5.41, 5.74) is 14.5. The Labute approximate surface area is 342 Å². The van der Waals surface area contributed by atoms with E-state index in [-0.39, 0.29) is 0 Å². The van der Waals surface area contributed by atoms with Crippen LogP contribution in [0.15, 0.2) is 223 Å². The molecule has 4 nitrogen and oxygen atoms in total. The maximum atomic E-state index is 7.14. The minimum absolute atomic E-state index is 0.644. The predicted octanol–water partition coefficient (Wildman–Crippen LogP) is 15.0. The highest BCUT2D eigenvalue weighted by Crippen LogP contribution is 2.63. The van der Waals surface area contributed by atoms with Crippen molar-refractivity contribution >= 4 is 56.1 Å². The number of furan rings is 1. The molecule has 1 aromatic heterocycles. The van der Waals surface area contributed by atoms with Gasteiger partial charge in [0.1, 0.15) is 22.7 Å². The SMILES string of the molecule is c1ccc(N(c2ccccc2)c2ccc3c(c2)Oc2cc4oc5ccc(N(c6ccccc6)c6ccccc6)cc5c4cc2C32c3ccccc3-c3ccccc32)cc1. The molecular formula is C55H36N2O2. The van der Waals surface area contributed by atoms with Crippen LogP contribution in [-0.4, -0.2) is 0 Å². The molecule has 59 heavy (non-hydrogen) atoms. The van der Waals surface area contributed by atoms with Gasteiger partial charge in [0.25, 0.3) is 0 Å². The van der Waals surface area contributed by atoms with Gasteiger partial charge in [0.05, 0.1) is 5.41 Å². The van der Waals surface area contributed by atoms with E-state index in [1.165, 1.54) is 22.3 Å². The van der Waals surface area contributed by atoms with Gasteiger partial charge < -0.3 is 19.0 Å². The Morgan fingerprint density at radius 3 is 1.29 bits per heavy atom. The summed E-state index contributed by atoms with van der Waals surface area (Å²) >= 11 is 0. The second-order valence-electron chi connectivity index (χ2n) is 15.3. The molecule has 0 amide bonds. The van der Waals surface area contributed by atoms with E-state index in [4.69, 9.17) is 9.15 Å². The summed E-state index contributed by atoms with van der Waals surface area (Å²) in [5, 5.41) is 2.10. The molecule has 0 saturated carbocycles. The topological polar surface area (TPSA) is 28.9 Å². The number of ether oxygens (including phenoxy) is 1. The van der Waals surface area contributed by atoms with Crippen LogP contribution >= 0.6 is 0 Å². The molecule has 12 rings (SSSR count). The lowest BCUT2D eigenvalue weighted by atomic mass is 9.66. The molecule has 0 radical (unpaired) electrons. The van der Waals surface area contributed by atoms with E-state index in [9.17, 15) is 0 Å². The second kappa shape index (κ2) is 13.1. The third kappa shape index (κ3) is 5.03. The summed E-state index contributed by atoms with van der Waals surface area (Å²) in [6.07, 6.45) is 0. The molecule has 2 aliphatic rings. The molecule has 9 aromatic carbocycles. The fraction of sp³-hybridized carbons (Fsp3) is 0.0182. The molecule has 10 aromatic rings. The lowest BCUT2D eigenvalue weighted by Crippen LogP contribution is -2.32. The number of rotatable bonds is 6. The van der Waals surface area contributed by atoms with Crippen molar-refractivity contribution in [3.63, 3.8) is 0 Å². The molecule has 0 N–H and O–H groups in total. The van der Waals surface area contributed by atoms with Crippen molar-refractivity contribution in [1.82, 2.24) is 0 Å². The third-order valence-electron chi connectivity index (χ3n) is 12.1. The van der Waals surface area contributed by atoms with Gasteiger partial charge >= 0.3 is 0 Å². The summed E-state index contributed by atoms with van der Waals surface area (Å²) in [4.78, 5) is 4.59. The zero-order valence-electron chi connectivity index (χ0n) is 32.0. The first kappa shape index (κ1) is 33.3. The first-order chi connectivity index (χ1) is 29.3. The van der Waals surface area contributed by atoms with Crippen LogP contribution in [0.4, 0.5) is 34.1 Å². The van der Waals surface area contributed by atoms with Gasteiger partial charge in [-0.05, 0) is 101 Å². The Bertz CT molecular complexity index is 3070. The lowest BCUT2D eigenvalue weighted by Gasteiger charge is -2.40. The molecule has 4 heteroatoms. The number of anilines is 6. The molecule has 0 atom stereocenters. The molecule has 1 aliphatic heterocycles. The van der Waals surface area contributed by atoms with Crippen LogP contribution < -0.4 is 14.5 Å². The van der Waals surface area contributed by atoms with Gasteiger partial charge in [-0.1, -0.05) is 127 Å². The minimum atomic E-state index is -0.644. The Morgan fingerprint density at radius 2 is 0.746 bits per heavy atom. The Morgan fingerprint density at radius 1 is 0.305 bits per heavy atom. The average molecular weight is 757 g/mol. The summed E-state index contributed by atoms with van der Waals surface area (Å²) in [7, 11) is 0. The zero-order valence-corrected chi connectivity index (χ0v) is 32.0. The number of nitrogens with zero attached hydrogens (tertiary/aromatic N) is 2. The monoisotopic (exact) mass is 756 g/mol. The first-order valence-corrected chi connectivity index (χ1v) is 20.1. The van der Waals surface area contributed by atoms with Crippen molar-refractivity contribution in [3.05, 3.63) is 241 Å². The van der Waals surface area contributed by atoms with Crippen molar-refractivity contribution in [1.29, 1.82) is 0 Å². The smallest absolute Gasteiger partial charge is 0.139 e. The molecule has 0 bridgehead atoms. The summed E-state index contributed by atoms with van der Waals surface area (Å²) in [6, 6.07) is 77.6. The van der Waals surface area contributed by atoms with E-state index in [2.05, 4.69) is 228 Å². The molecule has 2 heterocycles. The second-order valence-corrected chi connectivity index (χ2v) is 15.3. The van der Waals surface area contributed by atoms with Crippen LogP contribution in [0.5, 0.6) is 11.5 Å². The van der Waals surface area contributed by atoms with E-state index in [1.807, 2.05) is 0 Å². The average Bonchev–Trinajstić information content (AvgIpc) is 3.80. The molecule has 1 aliphatic carbocycles. The lowest BCUT2D eigenvalue weighted by molar-refractivity contribution is 0.436. The van der Waals surface area contributed by atoms with Crippen LogP contribution in [0.2, 0.25) is 0 Å². The number of hydrogen-bond acceptors (Lipinski definition) is 4. The van der Waals surface area contributed by atoms with Crippen LogP contribution in [0.1, 0.15) is 22.3 Å². The van der Waals surface area contributed by atoms with E-state index >= 15 is 0 Å². The standard InChI is InChI=1S/C55H36N2O2/c1-5-17-37(18-6-1)56(38-19-7-2-8-20-38)41-30-32-51-45(33-41)46-35-50-54(36-52(46)58-51)59-53-34-42(57(39-21-9-3-10-22-39)40-23-11-4-12-24-40)29-31-49(53)55(50)47-27-15-13-25-43(47)44-26-14-16-28-48(44)55/h1-36H. The highest BCUT2D eigenvalue weighted by molar-refractivity contribution is 6.08. The van der Waals surface area contributed by atoms with Crippen LogP contribution in [0.3, 0.4) is 0 Å². The highest BCUT2D eigenvalue weighted by atomic mass is 16.5. The molecule has 0 fully saturated rings. The number of hydrogen-bond donors (Lipinski definition) is 0. The summed E-state index contributed by atoms with van der Waals surface area (Å²) in [6.45, 7) is 0. The Balaban J connectivity index is 1.10. The Kier molecular flexibility index (Phi) is 7.41. The predicted molar refractivity (Wildman–Crippen MR) is 240 cm³/mol. The van der Waals surface area contributed by atoms with E-state index in [0.29, 0.717) is 0 Å². The summed E-state index contributed by atoms with van der Waals surface area (Å²) < 4.78 is 13.9. The fourth-order valence-corrected chi connectivity index (χ4v) is 9.63. The van der Waals surface area contributed by atoms with Crippen molar-refractivity contribution in [3.8, 4) is 22.6 Å². The van der Waals surface area contributed by atoms with Gasteiger partial charge in [0.2, 0.25) is 0 Å². The van der Waals surface area contributed by atoms with E-state index < -0.39 is 5.41 Å². The van der Waals surface area contributed by atoms with Crippen molar-refractivity contribution < 1.29 is 9.15 Å². The van der Waals surface area contributed by atoms with Crippen molar-refractivity contribution in [2.24, 2.45) is 0 Å². The molecule has 278 valence electrons. The molecular weight excluding hydrogens is 721 g/mol. The highest BCUT2D eigenvalue weighted by Gasteiger charge is 2.51. The molecule has 0 saturated heterocycles. The van der Waals surface area contributed by atoms with Crippen molar-refractivity contribution in [2.45, 2.75) is 5.41 Å². The fourth-order valence-electron chi connectivity index (χ4n) is 9.63. The third-order valence-corrected chi connectivity index (χ3v) is 12.1. The number of para-hydroxylation sites is 4. The van der Waals surface area contributed by atoms with Gasteiger partial charge in [0, 0.05) is 68.2 Å². The number of benzene rings is 9. The summed E-state index contributed by atoms with van der Waals surface area (Å²) in [5.74, 6) is 1.60. The van der Waals surface area contributed by atoms with E-state index in [0.717, 1.165) is 78.7 Å². The van der Waals surface area contributed by atoms with Gasteiger partial charge in [-0.25, -0.2) is 0 Å². The van der Waals surface area contributed by atoms with Gasteiger partial charge in [0.15, 0.2) is 0 Å². The van der Waals surface area contributed by atoms with Crippen LogP contribution in [0, 0.1) is 0 Å². The number of fused-ring (bicyclic) bond motifs is 12.